The van der Waals surface area contributed by atoms with Crippen LogP contribution in [0, 0.1) is 22.7 Å². The second kappa shape index (κ2) is 10.8. The topological polar surface area (TPSA) is 150 Å². The van der Waals surface area contributed by atoms with Crippen LogP contribution in [0.1, 0.15) is 104 Å². The normalized spacial score (nSPS) is 24.0. The van der Waals surface area contributed by atoms with E-state index in [0.717, 1.165) is 112 Å². The smallest absolute Gasteiger partial charge is 0.186 e. The zero-order valence-electron chi connectivity index (χ0n) is 26.0. The molecule has 0 saturated carbocycles. The van der Waals surface area contributed by atoms with Gasteiger partial charge in [-0.1, -0.05) is 5.16 Å². The average Bonchev–Trinajstić information content (AvgIpc) is 3.85. The Hall–Kier alpha value is -4.00. The number of anilines is 2. The van der Waals surface area contributed by atoms with Crippen LogP contribution in [0.4, 0.5) is 10.8 Å². The first kappa shape index (κ1) is 28.5. The van der Waals surface area contributed by atoms with Crippen LogP contribution in [0.25, 0.3) is 22.6 Å². The van der Waals surface area contributed by atoms with E-state index in [4.69, 9.17) is 30.5 Å². The van der Waals surface area contributed by atoms with Crippen LogP contribution in [0.2, 0.25) is 0 Å². The molecule has 11 nitrogen and oxygen atoms in total. The number of aromatic nitrogens is 5. The van der Waals surface area contributed by atoms with Crippen molar-refractivity contribution in [1.82, 2.24) is 29.8 Å². The van der Waals surface area contributed by atoms with Crippen LogP contribution >= 0.6 is 11.3 Å². The maximum Gasteiger partial charge on any atom is 0.186 e. The molecule has 4 aliphatic rings. The summed E-state index contributed by atoms with van der Waals surface area (Å²) in [5.74, 6) is 2.13. The summed E-state index contributed by atoms with van der Waals surface area (Å²) < 4.78 is 8.29. The number of nitrogens with zero attached hydrogens (tertiary/aromatic N) is 9. The number of likely N-dealkylation sites (N-methyl/N-ethyl adjacent to an activating group) is 1. The highest BCUT2D eigenvalue weighted by atomic mass is 32.1. The lowest BCUT2D eigenvalue weighted by Gasteiger charge is -2.39. The molecule has 232 valence electrons. The molecular weight excluding hydrogens is 584 g/mol. The molecule has 2 aliphatic carbocycles. The van der Waals surface area contributed by atoms with E-state index in [1.54, 1.807) is 11.3 Å². The number of piperidine rings is 1. The summed E-state index contributed by atoms with van der Waals surface area (Å²) >= 11 is 1.55. The number of aryl methyl sites for hydroxylation is 1. The van der Waals surface area contributed by atoms with Gasteiger partial charge in [-0.3, -0.25) is 0 Å². The van der Waals surface area contributed by atoms with Gasteiger partial charge in [0.15, 0.2) is 28.6 Å². The van der Waals surface area contributed by atoms with Gasteiger partial charge < -0.3 is 20.1 Å². The summed E-state index contributed by atoms with van der Waals surface area (Å²) in [6.45, 7) is 4.99. The molecule has 4 aromatic heterocycles. The molecule has 8 rings (SSSR count). The number of fused-ring (bicyclic) bond motifs is 5. The van der Waals surface area contributed by atoms with Gasteiger partial charge in [0.05, 0.1) is 22.4 Å². The Kier molecular flexibility index (Phi) is 6.84. The third-order valence-electron chi connectivity index (χ3n) is 10.9. The highest BCUT2D eigenvalue weighted by Crippen LogP contribution is 2.55. The lowest BCUT2D eigenvalue weighted by molar-refractivity contribution is 0.232. The van der Waals surface area contributed by atoms with Crippen LogP contribution in [0.5, 0.6) is 0 Å². The molecule has 3 atom stereocenters. The first-order valence-corrected chi connectivity index (χ1v) is 17.2. The van der Waals surface area contributed by atoms with Crippen molar-refractivity contribution < 1.29 is 4.52 Å². The molecule has 2 fully saturated rings. The van der Waals surface area contributed by atoms with Gasteiger partial charge in [0, 0.05) is 29.6 Å². The third-order valence-corrected chi connectivity index (χ3v) is 12.0. The van der Waals surface area contributed by atoms with E-state index in [1.807, 2.05) is 4.68 Å². The quantitative estimate of drug-likeness (QED) is 0.310. The van der Waals surface area contributed by atoms with Gasteiger partial charge in [0.1, 0.15) is 23.0 Å². The van der Waals surface area contributed by atoms with Crippen molar-refractivity contribution in [1.29, 1.82) is 10.5 Å². The van der Waals surface area contributed by atoms with Crippen molar-refractivity contribution in [3.8, 4) is 23.7 Å². The van der Waals surface area contributed by atoms with Crippen molar-refractivity contribution in [3.05, 3.63) is 33.0 Å². The number of thiophene rings is 1. The Labute approximate surface area is 266 Å². The molecule has 6 heterocycles. The van der Waals surface area contributed by atoms with E-state index < -0.39 is 5.41 Å². The maximum absolute atomic E-state index is 10.3. The van der Waals surface area contributed by atoms with Gasteiger partial charge in [0.2, 0.25) is 0 Å². The highest BCUT2D eigenvalue weighted by molar-refractivity contribution is 7.16. The van der Waals surface area contributed by atoms with Crippen LogP contribution < -0.4 is 10.6 Å². The summed E-state index contributed by atoms with van der Waals surface area (Å²) in [5.41, 5.74) is 10.4. The molecule has 0 aromatic carbocycles. The second-order valence-corrected chi connectivity index (χ2v) is 14.5. The second-order valence-electron chi connectivity index (χ2n) is 13.3. The number of nitrogen functional groups attached to an aromatic ring is 1. The van der Waals surface area contributed by atoms with Crippen molar-refractivity contribution in [2.24, 2.45) is 0 Å². The average molecular weight is 623 g/mol. The van der Waals surface area contributed by atoms with E-state index in [-0.39, 0.29) is 6.04 Å². The minimum absolute atomic E-state index is 0.0302. The van der Waals surface area contributed by atoms with E-state index in [1.165, 1.54) is 11.3 Å². The summed E-state index contributed by atoms with van der Waals surface area (Å²) in [7, 11) is 2.16. The summed E-state index contributed by atoms with van der Waals surface area (Å²) in [6, 6.07) is 5.12. The van der Waals surface area contributed by atoms with Gasteiger partial charge in [-0.2, -0.15) is 15.6 Å². The molecule has 0 unspecified atom stereocenters. The van der Waals surface area contributed by atoms with Crippen LogP contribution in [0.15, 0.2) is 4.52 Å². The van der Waals surface area contributed by atoms with Crippen molar-refractivity contribution in [3.63, 3.8) is 0 Å². The fourth-order valence-electron chi connectivity index (χ4n) is 8.75. The minimum atomic E-state index is -0.414. The first-order chi connectivity index (χ1) is 21.9. The summed E-state index contributed by atoms with van der Waals surface area (Å²) in [5, 5.41) is 31.3. The molecule has 45 heavy (non-hydrogen) atoms. The third kappa shape index (κ3) is 4.22. The Balaban J connectivity index is 1.33. The molecule has 1 spiro atoms. The standard InChI is InChI=1S/C33H38N10OS/c1-19(23-10-8-14-41(23)2)43-32-25(22(18-35)39-43)31(42-15-4-3-5-16-42)37-30(38-32)27-20-9-6-12-33(28(20)44-40-27)13-7-11-24-26(33)21(17-34)29(36)45-24/h19,23H,3-16,36H2,1-2H3/t19-,23-,33-/m0/s1. The van der Waals surface area contributed by atoms with Gasteiger partial charge in [-0.25, -0.2) is 14.6 Å². The van der Waals surface area contributed by atoms with E-state index in [0.29, 0.717) is 39.5 Å². The lowest BCUT2D eigenvalue weighted by Crippen LogP contribution is -2.35. The fraction of sp³-hybridized carbons (Fsp3) is 0.576. The largest absolute Gasteiger partial charge is 0.389 e. The Morgan fingerprint density at radius 2 is 1.82 bits per heavy atom. The van der Waals surface area contributed by atoms with Crippen LogP contribution in [0.3, 0.4) is 0 Å². The molecular formula is C33H38N10OS. The molecule has 12 heteroatoms. The monoisotopic (exact) mass is 622 g/mol. The zero-order chi connectivity index (χ0) is 30.9. The SMILES string of the molecule is C[C@@H]([C@@H]1CCCN1C)n1nc(C#N)c2c(N3CCCCC3)nc(-c3noc4c3CCC[C@@]43CCCc4sc(N)c(C#N)c43)nc21. The molecule has 2 saturated heterocycles. The molecule has 2 N–H and O–H groups in total. The Morgan fingerprint density at radius 1 is 1.02 bits per heavy atom. The van der Waals surface area contributed by atoms with Crippen LogP contribution in [-0.2, 0) is 18.3 Å². The lowest BCUT2D eigenvalue weighted by atomic mass is 9.63. The van der Waals surface area contributed by atoms with Crippen molar-refractivity contribution >= 4 is 33.2 Å². The van der Waals surface area contributed by atoms with Gasteiger partial charge in [0.25, 0.3) is 0 Å². The van der Waals surface area contributed by atoms with E-state index >= 15 is 0 Å². The van der Waals surface area contributed by atoms with Crippen molar-refractivity contribution in [2.75, 3.05) is 37.3 Å². The predicted molar refractivity (Wildman–Crippen MR) is 172 cm³/mol. The number of likely N-dealkylation sites (tertiary alicyclic amines) is 1. The Morgan fingerprint density at radius 3 is 2.56 bits per heavy atom. The van der Waals surface area contributed by atoms with Gasteiger partial charge in [-0.05, 0) is 96.7 Å². The Bertz CT molecular complexity index is 1880. The molecule has 0 bridgehead atoms. The predicted octanol–water partition coefficient (Wildman–Crippen LogP) is 5.47. The zero-order valence-corrected chi connectivity index (χ0v) is 26.8. The maximum atomic E-state index is 10.3. The minimum Gasteiger partial charge on any atom is -0.389 e. The molecule has 0 amide bonds. The van der Waals surface area contributed by atoms with E-state index in [2.05, 4.69) is 35.9 Å². The highest BCUT2D eigenvalue weighted by Gasteiger charge is 2.49. The summed E-state index contributed by atoms with van der Waals surface area (Å²) in [4.78, 5) is 16.3. The summed E-state index contributed by atoms with van der Waals surface area (Å²) in [6.07, 6.45) is 11.1. The molecule has 0 radical (unpaired) electrons. The van der Waals surface area contributed by atoms with Gasteiger partial charge in [-0.15, -0.1) is 11.3 Å². The first-order valence-electron chi connectivity index (χ1n) is 16.4. The van der Waals surface area contributed by atoms with E-state index in [9.17, 15) is 10.5 Å². The molecule has 2 aliphatic heterocycles. The number of rotatable bonds is 4. The molecule has 4 aromatic rings. The number of hydrogen-bond donors (Lipinski definition) is 1. The van der Waals surface area contributed by atoms with Gasteiger partial charge >= 0.3 is 0 Å². The fourth-order valence-corrected chi connectivity index (χ4v) is 9.91. The number of hydrogen-bond acceptors (Lipinski definition) is 11. The number of nitriles is 2. The van der Waals surface area contributed by atoms with Crippen LogP contribution in [-0.4, -0.2) is 62.5 Å². The van der Waals surface area contributed by atoms with Crippen molar-refractivity contribution in [2.45, 2.75) is 95.1 Å². The number of nitrogens with two attached hydrogens (primary N) is 1.